The predicted molar refractivity (Wildman–Crippen MR) is 93.8 cm³/mol. The molecule has 1 aromatic carbocycles. The third-order valence-electron chi connectivity index (χ3n) is 5.07. The molecular formula is C18H23N5O2. The van der Waals surface area contributed by atoms with E-state index in [9.17, 15) is 4.79 Å². The molecule has 1 N–H and O–H groups in total. The SMILES string of the molecule is COc1ccc2c(c1)CN(C(=O)c1nc3n(n1)CCC(C)N3)C(C)C2. The number of aromatic nitrogens is 3. The van der Waals surface area contributed by atoms with Crippen molar-refractivity contribution in [3.05, 3.63) is 35.2 Å². The highest BCUT2D eigenvalue weighted by Crippen LogP contribution is 2.28. The number of fused-ring (bicyclic) bond motifs is 2. The highest BCUT2D eigenvalue weighted by molar-refractivity contribution is 5.91. The van der Waals surface area contributed by atoms with Crippen molar-refractivity contribution in [2.24, 2.45) is 0 Å². The van der Waals surface area contributed by atoms with Gasteiger partial charge in [0.05, 0.1) is 7.11 Å². The first kappa shape index (κ1) is 15.9. The summed E-state index contributed by atoms with van der Waals surface area (Å²) in [4.78, 5) is 19.3. The molecule has 2 aliphatic heterocycles. The number of aryl methyl sites for hydroxylation is 1. The Morgan fingerprint density at radius 3 is 2.96 bits per heavy atom. The maximum Gasteiger partial charge on any atom is 0.294 e. The van der Waals surface area contributed by atoms with Crippen LogP contribution in [0, 0.1) is 0 Å². The van der Waals surface area contributed by atoms with Crippen molar-refractivity contribution in [1.29, 1.82) is 0 Å². The molecule has 0 bridgehead atoms. The smallest absolute Gasteiger partial charge is 0.294 e. The van der Waals surface area contributed by atoms with Gasteiger partial charge in [0.1, 0.15) is 5.75 Å². The normalized spacial score (nSPS) is 22.0. The molecule has 0 radical (unpaired) electrons. The van der Waals surface area contributed by atoms with Gasteiger partial charge in [0, 0.05) is 25.2 Å². The van der Waals surface area contributed by atoms with Gasteiger partial charge in [-0.05, 0) is 49.9 Å². The minimum absolute atomic E-state index is 0.112. The maximum atomic E-state index is 13.0. The van der Waals surface area contributed by atoms with E-state index < -0.39 is 0 Å². The quantitative estimate of drug-likeness (QED) is 0.905. The highest BCUT2D eigenvalue weighted by Gasteiger charge is 2.31. The molecule has 0 aliphatic carbocycles. The molecule has 0 fully saturated rings. The Morgan fingerprint density at radius 1 is 1.32 bits per heavy atom. The number of amides is 1. The second-order valence-corrected chi connectivity index (χ2v) is 6.94. The first-order valence-electron chi connectivity index (χ1n) is 8.73. The fourth-order valence-corrected chi connectivity index (χ4v) is 3.55. The lowest BCUT2D eigenvalue weighted by Crippen LogP contribution is -2.43. The van der Waals surface area contributed by atoms with Gasteiger partial charge in [-0.3, -0.25) is 4.79 Å². The van der Waals surface area contributed by atoms with E-state index in [1.165, 1.54) is 5.56 Å². The molecule has 2 atom stereocenters. The number of rotatable bonds is 2. The van der Waals surface area contributed by atoms with Crippen molar-refractivity contribution >= 4 is 11.9 Å². The molecule has 2 unspecified atom stereocenters. The number of carbonyl (C=O) groups excluding carboxylic acids is 1. The molecule has 2 aromatic rings. The van der Waals surface area contributed by atoms with Gasteiger partial charge in [-0.1, -0.05) is 6.07 Å². The van der Waals surface area contributed by atoms with Crippen LogP contribution < -0.4 is 10.1 Å². The summed E-state index contributed by atoms with van der Waals surface area (Å²) in [7, 11) is 1.66. The van der Waals surface area contributed by atoms with Gasteiger partial charge in [-0.2, -0.15) is 4.98 Å². The van der Waals surface area contributed by atoms with Crippen LogP contribution in [0.5, 0.6) is 5.75 Å². The number of methoxy groups -OCH3 is 1. The van der Waals surface area contributed by atoms with Crippen molar-refractivity contribution in [3.8, 4) is 5.75 Å². The number of carbonyl (C=O) groups is 1. The molecule has 4 rings (SSSR count). The van der Waals surface area contributed by atoms with E-state index in [1.54, 1.807) is 11.8 Å². The number of nitrogens with one attached hydrogen (secondary N) is 1. The van der Waals surface area contributed by atoms with Gasteiger partial charge >= 0.3 is 0 Å². The van der Waals surface area contributed by atoms with E-state index in [0.717, 1.165) is 30.7 Å². The van der Waals surface area contributed by atoms with Crippen molar-refractivity contribution in [3.63, 3.8) is 0 Å². The van der Waals surface area contributed by atoms with Gasteiger partial charge in [0.15, 0.2) is 0 Å². The summed E-state index contributed by atoms with van der Waals surface area (Å²) in [6.45, 7) is 5.53. The molecule has 132 valence electrons. The fraction of sp³-hybridized carbons (Fsp3) is 0.500. The predicted octanol–water partition coefficient (Wildman–Crippen LogP) is 2.08. The molecule has 0 saturated heterocycles. The zero-order valence-corrected chi connectivity index (χ0v) is 14.8. The minimum atomic E-state index is -0.114. The fourth-order valence-electron chi connectivity index (χ4n) is 3.55. The molecular weight excluding hydrogens is 318 g/mol. The Balaban J connectivity index is 1.60. The van der Waals surface area contributed by atoms with Crippen LogP contribution in [0.3, 0.4) is 0 Å². The lowest BCUT2D eigenvalue weighted by atomic mass is 9.94. The summed E-state index contributed by atoms with van der Waals surface area (Å²) in [6.07, 6.45) is 1.81. The zero-order valence-electron chi connectivity index (χ0n) is 14.8. The molecule has 7 nitrogen and oxygen atoms in total. The van der Waals surface area contributed by atoms with Gasteiger partial charge in [0.25, 0.3) is 5.91 Å². The summed E-state index contributed by atoms with van der Waals surface area (Å²) < 4.78 is 7.10. The summed E-state index contributed by atoms with van der Waals surface area (Å²) in [5, 5.41) is 7.69. The molecule has 1 aromatic heterocycles. The first-order chi connectivity index (χ1) is 12.0. The average Bonchev–Trinajstić information content (AvgIpc) is 3.03. The second kappa shape index (κ2) is 6.06. The number of hydrogen-bond donors (Lipinski definition) is 1. The van der Waals surface area contributed by atoms with Crippen LogP contribution in [0.1, 0.15) is 42.0 Å². The number of nitrogens with zero attached hydrogens (tertiary/aromatic N) is 4. The Morgan fingerprint density at radius 2 is 2.16 bits per heavy atom. The molecule has 3 heterocycles. The van der Waals surface area contributed by atoms with Crippen LogP contribution in [-0.2, 0) is 19.5 Å². The van der Waals surface area contributed by atoms with Gasteiger partial charge in [-0.15, -0.1) is 5.10 Å². The van der Waals surface area contributed by atoms with Crippen LogP contribution in [0.25, 0.3) is 0 Å². The Bertz CT molecular complexity index is 816. The van der Waals surface area contributed by atoms with Gasteiger partial charge < -0.3 is 15.0 Å². The van der Waals surface area contributed by atoms with Gasteiger partial charge in [-0.25, -0.2) is 4.68 Å². The van der Waals surface area contributed by atoms with Crippen molar-refractivity contribution in [2.75, 3.05) is 12.4 Å². The Kier molecular flexibility index (Phi) is 3.86. The molecule has 7 heteroatoms. The monoisotopic (exact) mass is 341 g/mol. The zero-order chi connectivity index (χ0) is 17.6. The first-order valence-corrected chi connectivity index (χ1v) is 8.73. The van der Waals surface area contributed by atoms with E-state index in [2.05, 4.69) is 35.3 Å². The molecule has 2 aliphatic rings. The molecule has 25 heavy (non-hydrogen) atoms. The lowest BCUT2D eigenvalue weighted by molar-refractivity contribution is 0.0645. The van der Waals surface area contributed by atoms with Crippen molar-refractivity contribution in [1.82, 2.24) is 19.7 Å². The van der Waals surface area contributed by atoms with Crippen LogP contribution in [0.15, 0.2) is 18.2 Å². The van der Waals surface area contributed by atoms with E-state index in [4.69, 9.17) is 4.74 Å². The molecule has 1 amide bonds. The third kappa shape index (κ3) is 2.83. The average molecular weight is 341 g/mol. The largest absolute Gasteiger partial charge is 0.497 e. The highest BCUT2D eigenvalue weighted by atomic mass is 16.5. The number of benzene rings is 1. The van der Waals surface area contributed by atoms with Crippen LogP contribution in [-0.4, -0.2) is 44.8 Å². The van der Waals surface area contributed by atoms with Crippen molar-refractivity contribution in [2.45, 2.75) is 51.9 Å². The summed E-state index contributed by atoms with van der Waals surface area (Å²) in [6, 6.07) is 6.54. The summed E-state index contributed by atoms with van der Waals surface area (Å²) in [5.74, 6) is 1.66. The topological polar surface area (TPSA) is 72.3 Å². The minimum Gasteiger partial charge on any atom is -0.497 e. The lowest BCUT2D eigenvalue weighted by Gasteiger charge is -2.34. The van der Waals surface area contributed by atoms with Crippen LogP contribution in [0.4, 0.5) is 5.95 Å². The van der Waals surface area contributed by atoms with E-state index >= 15 is 0 Å². The van der Waals surface area contributed by atoms with Crippen molar-refractivity contribution < 1.29 is 9.53 Å². The summed E-state index contributed by atoms with van der Waals surface area (Å²) in [5.41, 5.74) is 2.39. The number of anilines is 1. The van der Waals surface area contributed by atoms with E-state index in [1.807, 2.05) is 17.0 Å². The second-order valence-electron chi connectivity index (χ2n) is 6.94. The Labute approximate surface area is 147 Å². The van der Waals surface area contributed by atoms with E-state index in [-0.39, 0.29) is 17.8 Å². The standard InChI is InChI=1S/C18H23N5O2/c1-11-6-7-23-18(19-11)20-16(21-23)17(24)22-10-14-9-15(25-3)5-4-13(14)8-12(22)2/h4-5,9,11-12H,6-8,10H2,1-3H3,(H,19,20,21). The Hall–Kier alpha value is -2.57. The molecule has 0 saturated carbocycles. The molecule has 0 spiro atoms. The maximum absolute atomic E-state index is 13.0. The van der Waals surface area contributed by atoms with Gasteiger partial charge in [0.2, 0.25) is 11.8 Å². The summed E-state index contributed by atoms with van der Waals surface area (Å²) >= 11 is 0. The number of hydrogen-bond acceptors (Lipinski definition) is 5. The van der Waals surface area contributed by atoms with Crippen LogP contribution in [0.2, 0.25) is 0 Å². The van der Waals surface area contributed by atoms with E-state index in [0.29, 0.717) is 18.5 Å². The van der Waals surface area contributed by atoms with Crippen LogP contribution >= 0.6 is 0 Å². The third-order valence-corrected chi connectivity index (χ3v) is 5.07. The number of ether oxygens (including phenoxy) is 1.